The van der Waals surface area contributed by atoms with Gasteiger partial charge < -0.3 is 10.6 Å². The van der Waals surface area contributed by atoms with E-state index >= 15 is 0 Å². The molecule has 5 heteroatoms. The fourth-order valence-electron chi connectivity index (χ4n) is 5.19. The molecule has 2 aromatic rings. The molecule has 0 fully saturated rings. The lowest BCUT2D eigenvalue weighted by atomic mass is 9.87. The van der Waals surface area contributed by atoms with Gasteiger partial charge in [0.05, 0.1) is 6.04 Å². The van der Waals surface area contributed by atoms with Crippen LogP contribution in [0.15, 0.2) is 59.8 Å². The van der Waals surface area contributed by atoms with Crippen molar-refractivity contribution in [3.8, 4) is 0 Å². The third-order valence-electron chi connectivity index (χ3n) is 6.85. The summed E-state index contributed by atoms with van der Waals surface area (Å²) in [6.07, 6.45) is 8.54. The number of rotatable bonds is 12. The van der Waals surface area contributed by atoms with Crippen LogP contribution >= 0.6 is 0 Å². The molecule has 0 saturated heterocycles. The number of benzene rings is 2. The maximum Gasteiger partial charge on any atom is 0.405 e. The zero-order chi connectivity index (χ0) is 24.0. The van der Waals surface area contributed by atoms with E-state index < -0.39 is 12.7 Å². The highest BCUT2D eigenvalue weighted by atomic mass is 19.4. The largest absolute Gasteiger partial charge is 0.405 e. The zero-order valence-corrected chi connectivity index (χ0v) is 19.9. The number of hydrogen-bond donors (Lipinski definition) is 2. The Balaban J connectivity index is 1.50. The summed E-state index contributed by atoms with van der Waals surface area (Å²) in [5, 5.41) is 6.46. The predicted molar refractivity (Wildman–Crippen MR) is 134 cm³/mol. The van der Waals surface area contributed by atoms with Gasteiger partial charge in [-0.2, -0.15) is 13.2 Å². The van der Waals surface area contributed by atoms with Gasteiger partial charge in [0.25, 0.3) is 0 Å². The highest BCUT2D eigenvalue weighted by Crippen LogP contribution is 2.48. The van der Waals surface area contributed by atoms with E-state index in [2.05, 4.69) is 35.8 Å². The summed E-state index contributed by atoms with van der Waals surface area (Å²) < 4.78 is 39.2. The molecule has 0 aromatic heterocycles. The Morgan fingerprint density at radius 1 is 0.765 bits per heavy atom. The van der Waals surface area contributed by atoms with Crippen LogP contribution in [0.5, 0.6) is 0 Å². The number of allylic oxidation sites excluding steroid dienone is 1. The van der Waals surface area contributed by atoms with E-state index in [-0.39, 0.29) is 12.0 Å². The van der Waals surface area contributed by atoms with Crippen molar-refractivity contribution in [1.82, 2.24) is 10.6 Å². The highest BCUT2D eigenvalue weighted by Gasteiger charge is 2.37. The Kier molecular flexibility index (Phi) is 8.15. The monoisotopic (exact) mass is 468 g/mol. The van der Waals surface area contributed by atoms with Crippen LogP contribution in [0.4, 0.5) is 13.2 Å². The molecular weight excluding hydrogens is 433 g/mol. The van der Waals surface area contributed by atoms with Gasteiger partial charge in [-0.3, -0.25) is 0 Å². The van der Waals surface area contributed by atoms with Crippen LogP contribution in [0.25, 0.3) is 12.2 Å². The molecule has 0 radical (unpaired) electrons. The summed E-state index contributed by atoms with van der Waals surface area (Å²) in [6.45, 7) is 2.10. The molecule has 2 nitrogen and oxygen atoms in total. The van der Waals surface area contributed by atoms with Gasteiger partial charge in [0, 0.05) is 11.6 Å². The summed E-state index contributed by atoms with van der Waals surface area (Å²) in [4.78, 5) is 0. The normalized spacial score (nSPS) is 18.9. The molecule has 0 bridgehead atoms. The fourth-order valence-corrected chi connectivity index (χ4v) is 5.19. The van der Waals surface area contributed by atoms with Crippen molar-refractivity contribution in [3.63, 3.8) is 0 Å². The van der Waals surface area contributed by atoms with Crippen LogP contribution in [-0.2, 0) is 0 Å². The molecule has 2 aliphatic carbocycles. The number of halogens is 3. The lowest BCUT2D eigenvalue weighted by molar-refractivity contribution is -0.123. The van der Waals surface area contributed by atoms with Gasteiger partial charge >= 0.3 is 6.18 Å². The van der Waals surface area contributed by atoms with Gasteiger partial charge in [-0.15, -0.1) is 0 Å². The van der Waals surface area contributed by atoms with Crippen LogP contribution in [0, 0.1) is 0 Å². The van der Waals surface area contributed by atoms with E-state index in [1.807, 2.05) is 42.5 Å². The van der Waals surface area contributed by atoms with Crippen molar-refractivity contribution >= 4 is 12.2 Å². The Morgan fingerprint density at radius 3 is 2.09 bits per heavy atom. The first-order chi connectivity index (χ1) is 16.5. The van der Waals surface area contributed by atoms with Gasteiger partial charge in [0.15, 0.2) is 0 Å². The Labute approximate surface area is 201 Å². The van der Waals surface area contributed by atoms with E-state index in [1.165, 1.54) is 44.1 Å². The first-order valence-electron chi connectivity index (χ1n) is 12.6. The minimum absolute atomic E-state index is 0.00327. The molecule has 2 aliphatic rings. The van der Waals surface area contributed by atoms with E-state index in [4.69, 9.17) is 0 Å². The minimum Gasteiger partial charge on any atom is -0.379 e. The third kappa shape index (κ3) is 5.93. The molecule has 0 amide bonds. The lowest BCUT2D eigenvalue weighted by Crippen LogP contribution is -2.31. The second kappa shape index (κ2) is 11.3. The van der Waals surface area contributed by atoms with E-state index in [1.54, 1.807) is 0 Å². The highest BCUT2D eigenvalue weighted by molar-refractivity contribution is 5.75. The van der Waals surface area contributed by atoms with Gasteiger partial charge in [-0.25, -0.2) is 0 Å². The topological polar surface area (TPSA) is 24.1 Å². The van der Waals surface area contributed by atoms with Crippen molar-refractivity contribution in [2.24, 2.45) is 0 Å². The number of unbranched alkanes of at least 4 members (excludes halogenated alkanes) is 6. The molecule has 182 valence electrons. The van der Waals surface area contributed by atoms with Crippen LogP contribution in [0.1, 0.15) is 86.1 Å². The number of alkyl halides is 3. The van der Waals surface area contributed by atoms with Gasteiger partial charge in [0.2, 0.25) is 0 Å². The summed E-state index contributed by atoms with van der Waals surface area (Å²) in [5.41, 5.74) is 6.15. The second-order valence-electron chi connectivity index (χ2n) is 9.41. The average molecular weight is 469 g/mol. The summed E-state index contributed by atoms with van der Waals surface area (Å²) in [6, 6.07) is 16.2. The summed E-state index contributed by atoms with van der Waals surface area (Å²) in [5.74, 6) is -0.211. The SMILES string of the molecule is CCCCCCCCCNC1C(C2C(NCC(F)(F)F)=Cc3ccccc32)=Cc2ccccc21. The average Bonchev–Trinajstić information content (AvgIpc) is 3.36. The Morgan fingerprint density at radius 2 is 1.38 bits per heavy atom. The third-order valence-corrected chi connectivity index (χ3v) is 6.85. The molecule has 0 saturated carbocycles. The summed E-state index contributed by atoms with van der Waals surface area (Å²) >= 11 is 0. The molecular formula is C29H35F3N2. The Bertz CT molecular complexity index is 1020. The zero-order valence-electron chi connectivity index (χ0n) is 19.9. The maximum absolute atomic E-state index is 13.1. The molecule has 34 heavy (non-hydrogen) atoms. The van der Waals surface area contributed by atoms with E-state index in [9.17, 15) is 13.2 Å². The van der Waals surface area contributed by atoms with Crippen molar-refractivity contribution in [3.05, 3.63) is 82.1 Å². The number of fused-ring (bicyclic) bond motifs is 2. The smallest absolute Gasteiger partial charge is 0.379 e. The maximum atomic E-state index is 13.1. The molecule has 0 aliphatic heterocycles. The number of nitrogens with one attached hydrogen (secondary N) is 2. The minimum atomic E-state index is -4.26. The van der Waals surface area contributed by atoms with Crippen LogP contribution < -0.4 is 10.6 Å². The molecule has 0 heterocycles. The van der Waals surface area contributed by atoms with Crippen LogP contribution in [0.2, 0.25) is 0 Å². The molecule has 4 rings (SSSR count). The molecule has 2 unspecified atom stereocenters. The van der Waals surface area contributed by atoms with Gasteiger partial charge in [-0.1, -0.05) is 100 Å². The molecule has 2 N–H and O–H groups in total. The van der Waals surface area contributed by atoms with Crippen LogP contribution in [0.3, 0.4) is 0 Å². The molecule has 0 spiro atoms. The first-order valence-corrected chi connectivity index (χ1v) is 12.6. The quantitative estimate of drug-likeness (QED) is 0.311. The number of hydrogen-bond acceptors (Lipinski definition) is 2. The molecule has 2 atom stereocenters. The lowest BCUT2D eigenvalue weighted by Gasteiger charge is -2.27. The van der Waals surface area contributed by atoms with Crippen molar-refractivity contribution in [2.75, 3.05) is 13.1 Å². The van der Waals surface area contributed by atoms with Crippen LogP contribution in [-0.4, -0.2) is 19.3 Å². The van der Waals surface area contributed by atoms with E-state index in [0.29, 0.717) is 5.70 Å². The summed E-state index contributed by atoms with van der Waals surface area (Å²) in [7, 11) is 0. The van der Waals surface area contributed by atoms with Crippen molar-refractivity contribution in [2.45, 2.75) is 70.0 Å². The second-order valence-corrected chi connectivity index (χ2v) is 9.41. The Hall–Kier alpha value is -2.53. The van der Waals surface area contributed by atoms with Gasteiger partial charge in [-0.05, 0) is 46.9 Å². The predicted octanol–water partition coefficient (Wildman–Crippen LogP) is 7.76. The first kappa shape index (κ1) is 24.6. The molecule has 2 aromatic carbocycles. The fraction of sp³-hybridized carbons (Fsp3) is 0.448. The van der Waals surface area contributed by atoms with Gasteiger partial charge in [0.1, 0.15) is 6.54 Å². The van der Waals surface area contributed by atoms with E-state index in [0.717, 1.165) is 35.2 Å². The standard InChI is InChI=1S/C29H35F3N2/c1-2-3-4-5-6-7-12-17-33-28-24-16-11-9-13-21(24)18-25(28)27-23-15-10-8-14-22(23)19-26(27)34-20-29(30,31)32/h8-11,13-16,18-19,27-28,33-34H,2-7,12,17,20H2,1H3. The van der Waals surface area contributed by atoms with Crippen molar-refractivity contribution < 1.29 is 13.2 Å². The van der Waals surface area contributed by atoms with Crippen molar-refractivity contribution in [1.29, 1.82) is 0 Å².